The number of fused-ring (bicyclic) bond motifs is 1. The van der Waals surface area contributed by atoms with Gasteiger partial charge < -0.3 is 11.1 Å². The van der Waals surface area contributed by atoms with E-state index in [0.29, 0.717) is 19.3 Å². The zero-order valence-electron chi connectivity index (χ0n) is 10.8. The van der Waals surface area contributed by atoms with Crippen molar-refractivity contribution in [2.24, 2.45) is 5.73 Å². The van der Waals surface area contributed by atoms with Gasteiger partial charge in [0.05, 0.1) is 27.3 Å². The highest BCUT2D eigenvalue weighted by Gasteiger charge is 2.45. The second-order valence-corrected chi connectivity index (χ2v) is 6.18. The van der Waals surface area contributed by atoms with E-state index in [1.54, 1.807) is 11.3 Å². The molecule has 0 spiro atoms. The van der Waals surface area contributed by atoms with Crippen LogP contribution in [0.3, 0.4) is 0 Å². The van der Waals surface area contributed by atoms with Gasteiger partial charge in [-0.2, -0.15) is 5.26 Å². The van der Waals surface area contributed by atoms with Crippen molar-refractivity contribution in [2.75, 3.05) is 0 Å². The molecular formula is C14H14N4OS. The molecule has 1 aliphatic rings. The summed E-state index contributed by atoms with van der Waals surface area (Å²) in [5.41, 5.74) is 6.17. The van der Waals surface area contributed by atoms with Crippen LogP contribution < -0.4 is 11.1 Å². The maximum atomic E-state index is 12.0. The second-order valence-electron chi connectivity index (χ2n) is 5.07. The van der Waals surface area contributed by atoms with E-state index in [1.807, 2.05) is 24.3 Å². The van der Waals surface area contributed by atoms with E-state index >= 15 is 0 Å². The summed E-state index contributed by atoms with van der Waals surface area (Å²) in [6.45, 7) is 0. The van der Waals surface area contributed by atoms with Gasteiger partial charge in [-0.1, -0.05) is 12.1 Å². The van der Waals surface area contributed by atoms with Crippen LogP contribution in [0.15, 0.2) is 24.3 Å². The number of amides is 1. The highest BCUT2D eigenvalue weighted by atomic mass is 32.1. The molecule has 20 heavy (non-hydrogen) atoms. The average Bonchev–Trinajstić information content (AvgIpc) is 3.09. The third-order valence-corrected chi connectivity index (χ3v) is 4.45. The first kappa shape index (κ1) is 13.0. The zero-order valence-corrected chi connectivity index (χ0v) is 11.6. The topological polar surface area (TPSA) is 91.8 Å². The zero-order chi connectivity index (χ0) is 14.2. The molecule has 5 nitrogen and oxygen atoms in total. The van der Waals surface area contributed by atoms with Gasteiger partial charge in [0.15, 0.2) is 0 Å². The minimum absolute atomic E-state index is 0.275. The summed E-state index contributed by atoms with van der Waals surface area (Å²) in [5, 5.41) is 12.5. The molecule has 1 heterocycles. The van der Waals surface area contributed by atoms with Gasteiger partial charge in [0.1, 0.15) is 5.54 Å². The monoisotopic (exact) mass is 286 g/mol. The van der Waals surface area contributed by atoms with E-state index in [-0.39, 0.29) is 5.91 Å². The smallest absolute Gasteiger partial charge is 0.238 e. The summed E-state index contributed by atoms with van der Waals surface area (Å²) in [6, 6.07) is 9.29. The molecule has 1 aromatic heterocycles. The number of benzene rings is 1. The van der Waals surface area contributed by atoms with E-state index in [9.17, 15) is 4.79 Å². The molecule has 2 aromatic rings. The van der Waals surface area contributed by atoms with Gasteiger partial charge in [-0.25, -0.2) is 4.98 Å². The van der Waals surface area contributed by atoms with Crippen molar-refractivity contribution in [1.82, 2.24) is 10.3 Å². The van der Waals surface area contributed by atoms with Gasteiger partial charge in [0, 0.05) is 6.42 Å². The Morgan fingerprint density at radius 1 is 1.55 bits per heavy atom. The van der Waals surface area contributed by atoms with Crippen molar-refractivity contribution in [3.05, 3.63) is 29.3 Å². The summed E-state index contributed by atoms with van der Waals surface area (Å²) < 4.78 is 1.09. The number of hydrogen-bond acceptors (Lipinski definition) is 5. The van der Waals surface area contributed by atoms with Crippen molar-refractivity contribution < 1.29 is 4.79 Å². The minimum Gasteiger partial charge on any atom is -0.336 e. The molecule has 3 rings (SSSR count). The molecule has 102 valence electrons. The number of hydrogen-bond donors (Lipinski definition) is 2. The van der Waals surface area contributed by atoms with Crippen LogP contribution in [0.1, 0.15) is 17.8 Å². The van der Waals surface area contributed by atoms with Crippen molar-refractivity contribution in [3.63, 3.8) is 0 Å². The summed E-state index contributed by atoms with van der Waals surface area (Å²) in [7, 11) is 0. The SMILES string of the molecule is N#CC1(NC(=O)[C@@H](N)Cc2nc3ccccc3s2)CC1. The molecule has 3 N–H and O–H groups in total. The number of nitriles is 1. The average molecular weight is 286 g/mol. The lowest BCUT2D eigenvalue weighted by molar-refractivity contribution is -0.122. The summed E-state index contributed by atoms with van der Waals surface area (Å²) >= 11 is 1.55. The molecule has 1 fully saturated rings. The third-order valence-electron chi connectivity index (χ3n) is 3.40. The fourth-order valence-corrected chi connectivity index (χ4v) is 3.03. The number of nitrogens with two attached hydrogens (primary N) is 1. The number of nitrogens with one attached hydrogen (secondary N) is 1. The summed E-state index contributed by atoms with van der Waals surface area (Å²) in [5.74, 6) is -0.275. The first-order valence-corrected chi connectivity index (χ1v) is 7.27. The molecule has 0 saturated heterocycles. The lowest BCUT2D eigenvalue weighted by Crippen LogP contribution is -2.47. The maximum absolute atomic E-state index is 12.0. The molecule has 1 amide bonds. The standard InChI is InChI=1S/C14H14N4OS/c15-8-14(5-6-14)18-13(19)9(16)7-12-17-10-3-1-2-4-11(10)20-12/h1-4,9H,5-7,16H2,(H,18,19)/t9-/m0/s1. The van der Waals surface area contributed by atoms with E-state index in [2.05, 4.69) is 16.4 Å². The van der Waals surface area contributed by atoms with E-state index in [4.69, 9.17) is 11.0 Å². The largest absolute Gasteiger partial charge is 0.336 e. The van der Waals surface area contributed by atoms with E-state index in [0.717, 1.165) is 15.2 Å². The lowest BCUT2D eigenvalue weighted by atomic mass is 10.2. The Bertz CT molecular complexity index is 666. The number of rotatable bonds is 4. The third kappa shape index (κ3) is 2.50. The van der Waals surface area contributed by atoms with Gasteiger partial charge in [-0.05, 0) is 25.0 Å². The fraction of sp³-hybridized carbons (Fsp3) is 0.357. The van der Waals surface area contributed by atoms with Gasteiger partial charge in [0.25, 0.3) is 0 Å². The number of carbonyl (C=O) groups excluding carboxylic acids is 1. The number of nitrogens with zero attached hydrogens (tertiary/aromatic N) is 2. The van der Waals surface area contributed by atoms with Crippen LogP contribution in [0.5, 0.6) is 0 Å². The fourth-order valence-electron chi connectivity index (χ4n) is 2.01. The lowest BCUT2D eigenvalue weighted by Gasteiger charge is -2.13. The van der Waals surface area contributed by atoms with Gasteiger partial charge in [-0.3, -0.25) is 4.79 Å². The van der Waals surface area contributed by atoms with Crippen molar-refractivity contribution in [2.45, 2.75) is 30.8 Å². The molecule has 1 saturated carbocycles. The van der Waals surface area contributed by atoms with Crippen molar-refractivity contribution >= 4 is 27.5 Å². The summed E-state index contributed by atoms with van der Waals surface area (Å²) in [6.07, 6.45) is 1.82. The quantitative estimate of drug-likeness (QED) is 0.887. The number of aromatic nitrogens is 1. The van der Waals surface area contributed by atoms with Crippen LogP contribution in [0.25, 0.3) is 10.2 Å². The molecule has 1 aliphatic carbocycles. The van der Waals surface area contributed by atoms with Crippen LogP contribution in [-0.2, 0) is 11.2 Å². The molecule has 1 atom stereocenters. The summed E-state index contributed by atoms with van der Waals surface area (Å²) in [4.78, 5) is 16.4. The van der Waals surface area contributed by atoms with Crippen LogP contribution in [-0.4, -0.2) is 22.5 Å². The Morgan fingerprint density at radius 3 is 2.95 bits per heavy atom. The minimum atomic E-state index is -0.665. The van der Waals surface area contributed by atoms with Gasteiger partial charge in [-0.15, -0.1) is 11.3 Å². The predicted octanol–water partition coefficient (Wildman–Crippen LogP) is 1.34. The maximum Gasteiger partial charge on any atom is 0.238 e. The Labute approximate surface area is 120 Å². The van der Waals surface area contributed by atoms with Gasteiger partial charge in [0.2, 0.25) is 5.91 Å². The highest BCUT2D eigenvalue weighted by molar-refractivity contribution is 7.18. The predicted molar refractivity (Wildman–Crippen MR) is 77.0 cm³/mol. The van der Waals surface area contributed by atoms with Crippen molar-refractivity contribution in [1.29, 1.82) is 5.26 Å². The second kappa shape index (κ2) is 4.85. The number of para-hydroxylation sites is 1. The van der Waals surface area contributed by atoms with Crippen molar-refractivity contribution in [3.8, 4) is 6.07 Å². The molecule has 1 aromatic carbocycles. The van der Waals surface area contributed by atoms with Crippen LogP contribution in [0.2, 0.25) is 0 Å². The Balaban J connectivity index is 1.67. The normalized spacial score (nSPS) is 17.4. The number of thiazole rings is 1. The highest BCUT2D eigenvalue weighted by Crippen LogP contribution is 2.34. The molecule has 0 unspecified atom stereocenters. The van der Waals surface area contributed by atoms with Gasteiger partial charge >= 0.3 is 0 Å². The first-order chi connectivity index (χ1) is 9.62. The van der Waals surface area contributed by atoms with Crippen LogP contribution in [0, 0.1) is 11.3 Å². The van der Waals surface area contributed by atoms with Crippen LogP contribution in [0.4, 0.5) is 0 Å². The molecule has 0 aliphatic heterocycles. The molecular weight excluding hydrogens is 272 g/mol. The van der Waals surface area contributed by atoms with E-state index < -0.39 is 11.6 Å². The molecule has 0 bridgehead atoms. The Hall–Kier alpha value is -1.97. The first-order valence-electron chi connectivity index (χ1n) is 6.45. The van der Waals surface area contributed by atoms with Crippen LogP contribution >= 0.6 is 11.3 Å². The Kier molecular flexibility index (Phi) is 3.16. The molecule has 0 radical (unpaired) electrons. The Morgan fingerprint density at radius 2 is 2.30 bits per heavy atom. The van der Waals surface area contributed by atoms with E-state index in [1.165, 1.54) is 0 Å². The molecule has 6 heteroatoms. The number of carbonyl (C=O) groups is 1.